The van der Waals surface area contributed by atoms with Crippen LogP contribution in [0.3, 0.4) is 0 Å². The summed E-state index contributed by atoms with van der Waals surface area (Å²) < 4.78 is 14.5. The van der Waals surface area contributed by atoms with Gasteiger partial charge in [0.2, 0.25) is 0 Å². The van der Waals surface area contributed by atoms with E-state index in [2.05, 4.69) is 10.1 Å². The van der Waals surface area contributed by atoms with Gasteiger partial charge in [-0.1, -0.05) is 12.1 Å². The Morgan fingerprint density at radius 2 is 2.00 bits per heavy atom. The van der Waals surface area contributed by atoms with Crippen LogP contribution in [0.25, 0.3) is 0 Å². The fourth-order valence-corrected chi connectivity index (χ4v) is 1.92. The molecule has 0 aliphatic carbocycles. The number of aromatic nitrogens is 3. The quantitative estimate of drug-likeness (QED) is 0.870. The van der Waals surface area contributed by atoms with E-state index in [1.165, 1.54) is 18.5 Å². The van der Waals surface area contributed by atoms with E-state index >= 15 is 0 Å². The smallest absolute Gasteiger partial charge is 0.138 e. The van der Waals surface area contributed by atoms with Gasteiger partial charge in [-0.3, -0.25) is 4.68 Å². The van der Waals surface area contributed by atoms with Crippen molar-refractivity contribution in [2.45, 2.75) is 12.8 Å². The third-order valence-corrected chi connectivity index (χ3v) is 2.97. The first kappa shape index (κ1) is 12.7. The van der Waals surface area contributed by atoms with E-state index in [1.807, 2.05) is 7.05 Å². The third kappa shape index (κ3) is 3.13. The maximum absolute atomic E-state index is 12.8. The van der Waals surface area contributed by atoms with Crippen molar-refractivity contribution in [1.82, 2.24) is 14.8 Å². The second-order valence-electron chi connectivity index (χ2n) is 4.38. The number of hydrogen-bond donors (Lipinski definition) is 1. The molecule has 2 aromatic rings. The van der Waals surface area contributed by atoms with Gasteiger partial charge in [0, 0.05) is 20.1 Å². The molecule has 2 rings (SSSR count). The van der Waals surface area contributed by atoms with Crippen LogP contribution in [0, 0.1) is 11.7 Å². The van der Waals surface area contributed by atoms with E-state index in [0.29, 0.717) is 12.8 Å². The van der Waals surface area contributed by atoms with Crippen molar-refractivity contribution < 1.29 is 9.50 Å². The molecule has 18 heavy (non-hydrogen) atoms. The Bertz CT molecular complexity index is 495. The number of aryl methyl sites for hydroxylation is 1. The number of aliphatic hydroxyl groups excluding tert-OH is 1. The number of nitrogens with zero attached hydrogens (tertiary/aromatic N) is 3. The number of halogens is 1. The molecular formula is C13H16FN3O. The Balaban J connectivity index is 2.01. The first-order valence-electron chi connectivity index (χ1n) is 5.87. The van der Waals surface area contributed by atoms with Crippen LogP contribution >= 0.6 is 0 Å². The van der Waals surface area contributed by atoms with Crippen molar-refractivity contribution >= 4 is 0 Å². The molecule has 0 saturated carbocycles. The molecule has 1 atom stereocenters. The second kappa shape index (κ2) is 5.73. The van der Waals surface area contributed by atoms with Crippen molar-refractivity contribution in [1.29, 1.82) is 0 Å². The first-order valence-corrected chi connectivity index (χ1v) is 5.87. The van der Waals surface area contributed by atoms with Crippen molar-refractivity contribution in [3.63, 3.8) is 0 Å². The van der Waals surface area contributed by atoms with Gasteiger partial charge < -0.3 is 5.11 Å². The van der Waals surface area contributed by atoms with Gasteiger partial charge in [-0.05, 0) is 30.0 Å². The van der Waals surface area contributed by atoms with Crippen LogP contribution in [-0.4, -0.2) is 26.5 Å². The Kier molecular flexibility index (Phi) is 4.04. The van der Waals surface area contributed by atoms with Crippen LogP contribution in [0.1, 0.15) is 11.4 Å². The molecule has 0 radical (unpaired) electrons. The van der Waals surface area contributed by atoms with Crippen LogP contribution in [0.15, 0.2) is 30.6 Å². The molecular weight excluding hydrogens is 233 g/mol. The van der Waals surface area contributed by atoms with Gasteiger partial charge in [0.15, 0.2) is 0 Å². The van der Waals surface area contributed by atoms with Crippen LogP contribution < -0.4 is 0 Å². The summed E-state index contributed by atoms with van der Waals surface area (Å²) in [4.78, 5) is 4.14. The average molecular weight is 249 g/mol. The zero-order valence-electron chi connectivity index (χ0n) is 10.3. The minimum absolute atomic E-state index is 0.0679. The zero-order valence-corrected chi connectivity index (χ0v) is 10.3. The highest BCUT2D eigenvalue weighted by atomic mass is 19.1. The summed E-state index contributed by atoms with van der Waals surface area (Å²) in [5.74, 6) is 0.669. The SMILES string of the molecule is Cn1ncnc1CC(CO)Cc1ccc(F)cc1. The maximum atomic E-state index is 12.8. The highest BCUT2D eigenvalue weighted by Crippen LogP contribution is 2.13. The number of hydrogen-bond acceptors (Lipinski definition) is 3. The van der Waals surface area contributed by atoms with E-state index < -0.39 is 0 Å². The van der Waals surface area contributed by atoms with Crippen LogP contribution in [0.2, 0.25) is 0 Å². The molecule has 0 bridgehead atoms. The highest BCUT2D eigenvalue weighted by Gasteiger charge is 2.13. The summed E-state index contributed by atoms with van der Waals surface area (Å²) >= 11 is 0. The second-order valence-corrected chi connectivity index (χ2v) is 4.38. The summed E-state index contributed by atoms with van der Waals surface area (Å²) in [6.45, 7) is 0.0736. The van der Waals surface area contributed by atoms with Crippen LogP contribution in [-0.2, 0) is 19.9 Å². The summed E-state index contributed by atoms with van der Waals surface area (Å²) in [5.41, 5.74) is 1.01. The number of aliphatic hydroxyl groups is 1. The van der Waals surface area contributed by atoms with E-state index in [-0.39, 0.29) is 18.3 Å². The fourth-order valence-electron chi connectivity index (χ4n) is 1.92. The number of benzene rings is 1. The summed E-state index contributed by atoms with van der Waals surface area (Å²) in [6, 6.07) is 6.36. The molecule has 0 aliphatic heterocycles. The minimum Gasteiger partial charge on any atom is -0.396 e. The Morgan fingerprint density at radius 1 is 1.28 bits per heavy atom. The van der Waals surface area contributed by atoms with Crippen molar-refractivity contribution in [3.05, 3.63) is 47.8 Å². The van der Waals surface area contributed by atoms with Gasteiger partial charge in [-0.25, -0.2) is 9.37 Å². The van der Waals surface area contributed by atoms with Gasteiger partial charge >= 0.3 is 0 Å². The molecule has 0 aliphatic rings. The largest absolute Gasteiger partial charge is 0.396 e. The lowest BCUT2D eigenvalue weighted by molar-refractivity contribution is 0.222. The monoisotopic (exact) mass is 249 g/mol. The van der Waals surface area contributed by atoms with Crippen LogP contribution in [0.5, 0.6) is 0 Å². The van der Waals surface area contributed by atoms with Gasteiger partial charge in [0.1, 0.15) is 18.0 Å². The average Bonchev–Trinajstić information content (AvgIpc) is 2.77. The normalized spacial score (nSPS) is 12.6. The molecule has 96 valence electrons. The molecule has 4 nitrogen and oxygen atoms in total. The minimum atomic E-state index is -0.243. The summed E-state index contributed by atoms with van der Waals surface area (Å²) in [6.07, 6.45) is 2.86. The molecule has 1 unspecified atom stereocenters. The Hall–Kier alpha value is -1.75. The first-order chi connectivity index (χ1) is 8.69. The molecule has 1 aromatic carbocycles. The Morgan fingerprint density at radius 3 is 2.56 bits per heavy atom. The molecule has 1 aromatic heterocycles. The van der Waals surface area contributed by atoms with E-state index in [4.69, 9.17) is 0 Å². The molecule has 5 heteroatoms. The van der Waals surface area contributed by atoms with E-state index in [0.717, 1.165) is 11.4 Å². The molecule has 1 heterocycles. The predicted molar refractivity (Wildman–Crippen MR) is 65.4 cm³/mol. The topological polar surface area (TPSA) is 50.9 Å². The molecule has 0 spiro atoms. The lowest BCUT2D eigenvalue weighted by Crippen LogP contribution is -2.15. The molecule has 0 amide bonds. The highest BCUT2D eigenvalue weighted by molar-refractivity contribution is 5.16. The number of rotatable bonds is 5. The summed E-state index contributed by atoms with van der Waals surface area (Å²) in [5, 5.41) is 13.4. The van der Waals surface area contributed by atoms with Crippen LogP contribution in [0.4, 0.5) is 4.39 Å². The van der Waals surface area contributed by atoms with E-state index in [9.17, 15) is 9.50 Å². The molecule has 1 N–H and O–H groups in total. The Labute approximate surface area is 105 Å². The van der Waals surface area contributed by atoms with Gasteiger partial charge in [-0.15, -0.1) is 0 Å². The maximum Gasteiger partial charge on any atom is 0.138 e. The molecule has 0 fully saturated rings. The molecule has 0 saturated heterocycles. The van der Waals surface area contributed by atoms with Crippen molar-refractivity contribution in [2.24, 2.45) is 13.0 Å². The standard InChI is InChI=1S/C13H16FN3O/c1-17-13(15-9-16-17)7-11(8-18)6-10-2-4-12(14)5-3-10/h2-5,9,11,18H,6-8H2,1H3. The van der Waals surface area contributed by atoms with Crippen molar-refractivity contribution in [2.75, 3.05) is 6.61 Å². The third-order valence-electron chi connectivity index (χ3n) is 2.97. The van der Waals surface area contributed by atoms with Gasteiger partial charge in [-0.2, -0.15) is 5.10 Å². The summed E-state index contributed by atoms with van der Waals surface area (Å²) in [7, 11) is 1.83. The fraction of sp³-hybridized carbons (Fsp3) is 0.385. The van der Waals surface area contributed by atoms with Gasteiger partial charge in [0.05, 0.1) is 0 Å². The predicted octanol–water partition coefficient (Wildman–Crippen LogP) is 1.35. The van der Waals surface area contributed by atoms with E-state index in [1.54, 1.807) is 16.8 Å². The zero-order chi connectivity index (χ0) is 13.0. The van der Waals surface area contributed by atoms with Crippen molar-refractivity contribution in [3.8, 4) is 0 Å². The lowest BCUT2D eigenvalue weighted by atomic mass is 9.96. The van der Waals surface area contributed by atoms with Gasteiger partial charge in [0.25, 0.3) is 0 Å². The lowest BCUT2D eigenvalue weighted by Gasteiger charge is -2.13.